The van der Waals surface area contributed by atoms with Crippen LogP contribution in [0.15, 0.2) is 18.3 Å². The monoisotopic (exact) mass is 406 g/mol. The van der Waals surface area contributed by atoms with Crippen LogP contribution in [0.1, 0.15) is 5.69 Å². The SMILES string of the molecule is Cc1cc(Nc2nc(Cl)nc3c2ccn3SI)n[nH]1. The normalized spacial score (nSPS) is 11.1. The molecule has 0 atom stereocenters. The van der Waals surface area contributed by atoms with Crippen LogP contribution in [0.2, 0.25) is 5.28 Å². The van der Waals surface area contributed by atoms with Crippen molar-refractivity contribution in [3.63, 3.8) is 0 Å². The molecular formula is C10H8ClIN6S. The van der Waals surface area contributed by atoms with E-state index in [0.29, 0.717) is 11.6 Å². The first-order valence-corrected chi connectivity index (χ1v) is 8.99. The molecule has 0 amide bonds. The molecule has 0 spiro atoms. The van der Waals surface area contributed by atoms with Gasteiger partial charge in [-0.1, -0.05) is 0 Å². The van der Waals surface area contributed by atoms with Gasteiger partial charge in [0.1, 0.15) is 5.82 Å². The van der Waals surface area contributed by atoms with E-state index in [0.717, 1.165) is 16.7 Å². The van der Waals surface area contributed by atoms with Crippen molar-refractivity contribution in [3.05, 3.63) is 29.3 Å². The third-order valence-corrected chi connectivity index (χ3v) is 4.40. The van der Waals surface area contributed by atoms with E-state index in [1.165, 1.54) is 9.12 Å². The first kappa shape index (κ1) is 13.0. The third-order valence-electron chi connectivity index (χ3n) is 2.51. The first-order valence-electron chi connectivity index (χ1n) is 5.30. The Morgan fingerprint density at radius 3 is 3.00 bits per heavy atom. The Morgan fingerprint density at radius 2 is 2.32 bits per heavy atom. The Morgan fingerprint density at radius 1 is 1.47 bits per heavy atom. The number of anilines is 2. The Bertz CT molecular complexity index is 739. The molecule has 0 aliphatic rings. The minimum atomic E-state index is 0.202. The van der Waals surface area contributed by atoms with Gasteiger partial charge >= 0.3 is 0 Å². The molecule has 0 aliphatic heterocycles. The fraction of sp³-hybridized carbons (Fsp3) is 0.100. The molecule has 3 rings (SSSR count). The molecule has 98 valence electrons. The summed E-state index contributed by atoms with van der Waals surface area (Å²) in [5.74, 6) is 1.34. The van der Waals surface area contributed by atoms with Crippen LogP contribution in [0.25, 0.3) is 11.0 Å². The van der Waals surface area contributed by atoms with Gasteiger partial charge in [-0.2, -0.15) is 15.1 Å². The van der Waals surface area contributed by atoms with Crippen molar-refractivity contribution in [1.29, 1.82) is 0 Å². The molecule has 0 aliphatic carbocycles. The van der Waals surface area contributed by atoms with Crippen molar-refractivity contribution in [3.8, 4) is 0 Å². The molecular weight excluding hydrogens is 399 g/mol. The van der Waals surface area contributed by atoms with Crippen LogP contribution >= 0.6 is 41.9 Å². The van der Waals surface area contributed by atoms with Crippen molar-refractivity contribution in [2.75, 3.05) is 5.32 Å². The second-order valence-electron chi connectivity index (χ2n) is 3.85. The van der Waals surface area contributed by atoms with Gasteiger partial charge in [0.25, 0.3) is 0 Å². The van der Waals surface area contributed by atoms with Crippen LogP contribution < -0.4 is 5.32 Å². The molecule has 3 aromatic rings. The quantitative estimate of drug-likeness (QED) is 0.512. The number of hydrogen-bond acceptors (Lipinski definition) is 5. The van der Waals surface area contributed by atoms with Crippen LogP contribution in [0, 0.1) is 6.92 Å². The van der Waals surface area contributed by atoms with Gasteiger partial charge in [-0.05, 0) is 24.6 Å². The molecule has 0 saturated carbocycles. The predicted molar refractivity (Wildman–Crippen MR) is 86.2 cm³/mol. The van der Waals surface area contributed by atoms with Gasteiger partial charge in [-0.3, -0.25) is 9.07 Å². The number of fused-ring (bicyclic) bond motifs is 1. The maximum absolute atomic E-state index is 5.97. The Kier molecular flexibility index (Phi) is 3.54. The zero-order chi connectivity index (χ0) is 13.4. The first-order chi connectivity index (χ1) is 9.17. The maximum Gasteiger partial charge on any atom is 0.226 e. The summed E-state index contributed by atoms with van der Waals surface area (Å²) in [6.07, 6.45) is 1.92. The topological polar surface area (TPSA) is 71.4 Å². The highest BCUT2D eigenvalue weighted by Crippen LogP contribution is 2.29. The molecule has 0 saturated heterocycles. The van der Waals surface area contributed by atoms with E-state index in [4.69, 9.17) is 11.6 Å². The average molecular weight is 407 g/mol. The highest BCUT2D eigenvalue weighted by atomic mass is 127. The van der Waals surface area contributed by atoms with Crippen molar-refractivity contribution in [1.82, 2.24) is 24.1 Å². The number of aromatic nitrogens is 5. The highest BCUT2D eigenvalue weighted by molar-refractivity contribution is 14.2. The van der Waals surface area contributed by atoms with Crippen molar-refractivity contribution < 1.29 is 0 Å². The van der Waals surface area contributed by atoms with Gasteiger partial charge < -0.3 is 5.32 Å². The molecule has 0 fully saturated rings. The Balaban J connectivity index is 2.09. The molecule has 9 heteroatoms. The number of H-pyrrole nitrogens is 1. The highest BCUT2D eigenvalue weighted by Gasteiger charge is 2.12. The summed E-state index contributed by atoms with van der Waals surface area (Å²) >= 11 is 8.15. The molecule has 3 aromatic heterocycles. The Hall–Kier alpha value is -1.00. The molecule has 0 unspecified atom stereocenters. The maximum atomic E-state index is 5.97. The lowest BCUT2D eigenvalue weighted by atomic mass is 10.3. The molecule has 3 heterocycles. The van der Waals surface area contributed by atoms with E-state index in [1.807, 2.05) is 29.2 Å². The van der Waals surface area contributed by atoms with E-state index < -0.39 is 0 Å². The van der Waals surface area contributed by atoms with Crippen LogP contribution in [0.3, 0.4) is 0 Å². The van der Waals surface area contributed by atoms with Crippen molar-refractivity contribution >= 4 is 64.6 Å². The largest absolute Gasteiger partial charge is 0.323 e. The minimum absolute atomic E-state index is 0.202. The Labute approximate surface area is 130 Å². The van der Waals surface area contributed by atoms with Crippen molar-refractivity contribution in [2.45, 2.75) is 6.92 Å². The summed E-state index contributed by atoms with van der Waals surface area (Å²) in [7, 11) is 1.52. The summed E-state index contributed by atoms with van der Waals surface area (Å²) in [5.41, 5.74) is 1.74. The van der Waals surface area contributed by atoms with Gasteiger partial charge in [0.05, 0.1) is 5.39 Å². The number of aryl methyl sites for hydroxylation is 1. The van der Waals surface area contributed by atoms with Crippen LogP contribution in [-0.2, 0) is 0 Å². The van der Waals surface area contributed by atoms with E-state index in [2.05, 4.69) is 46.7 Å². The molecule has 2 N–H and O–H groups in total. The number of nitrogens with one attached hydrogen (secondary N) is 2. The van der Waals surface area contributed by atoms with Crippen LogP contribution in [-0.4, -0.2) is 24.1 Å². The van der Waals surface area contributed by atoms with E-state index >= 15 is 0 Å². The summed E-state index contributed by atoms with van der Waals surface area (Å²) < 4.78 is 1.92. The molecule has 0 radical (unpaired) electrons. The summed E-state index contributed by atoms with van der Waals surface area (Å²) in [6, 6.07) is 3.84. The fourth-order valence-corrected chi connectivity index (χ4v) is 3.15. The lowest BCUT2D eigenvalue weighted by Gasteiger charge is -2.04. The second kappa shape index (κ2) is 5.17. The van der Waals surface area contributed by atoms with E-state index in [9.17, 15) is 0 Å². The molecule has 0 bridgehead atoms. The standard InChI is InChI=1S/C10H8ClIN6S/c1-5-4-7(17-16-5)13-8-6-2-3-18(19-12)9(6)15-10(11)14-8/h2-4H,1H3,(H2,13,14,15,16,17). The smallest absolute Gasteiger partial charge is 0.226 e. The molecule has 6 nitrogen and oxygen atoms in total. The lowest BCUT2D eigenvalue weighted by Crippen LogP contribution is -1.97. The van der Waals surface area contributed by atoms with Crippen molar-refractivity contribution in [2.24, 2.45) is 0 Å². The van der Waals surface area contributed by atoms with Crippen LogP contribution in [0.4, 0.5) is 11.6 Å². The second-order valence-corrected chi connectivity index (χ2v) is 5.90. The van der Waals surface area contributed by atoms with E-state index in [1.54, 1.807) is 0 Å². The van der Waals surface area contributed by atoms with Gasteiger partial charge in [0, 0.05) is 48.3 Å². The van der Waals surface area contributed by atoms with Gasteiger partial charge in [0.2, 0.25) is 5.28 Å². The molecule has 19 heavy (non-hydrogen) atoms. The number of aromatic amines is 1. The number of nitrogens with zero attached hydrogens (tertiary/aromatic N) is 4. The fourth-order valence-electron chi connectivity index (χ4n) is 1.72. The zero-order valence-electron chi connectivity index (χ0n) is 9.69. The summed E-state index contributed by atoms with van der Waals surface area (Å²) in [4.78, 5) is 8.46. The van der Waals surface area contributed by atoms with Gasteiger partial charge in [-0.25, -0.2) is 0 Å². The number of hydrogen-bond donors (Lipinski definition) is 2. The molecule has 0 aromatic carbocycles. The number of rotatable bonds is 3. The lowest BCUT2D eigenvalue weighted by molar-refractivity contribution is 1.05. The minimum Gasteiger partial charge on any atom is -0.323 e. The van der Waals surface area contributed by atoms with E-state index in [-0.39, 0.29) is 5.28 Å². The van der Waals surface area contributed by atoms with Gasteiger partial charge in [-0.15, -0.1) is 0 Å². The number of halogens is 2. The zero-order valence-corrected chi connectivity index (χ0v) is 13.4. The summed E-state index contributed by atoms with van der Waals surface area (Å²) in [6.45, 7) is 1.93. The predicted octanol–water partition coefficient (Wildman–Crippen LogP) is 3.71. The van der Waals surface area contributed by atoms with Crippen LogP contribution in [0.5, 0.6) is 0 Å². The van der Waals surface area contributed by atoms with Gasteiger partial charge in [0.15, 0.2) is 11.5 Å². The third kappa shape index (κ3) is 2.51. The average Bonchev–Trinajstić information content (AvgIpc) is 2.95. The summed E-state index contributed by atoms with van der Waals surface area (Å²) in [5, 5.41) is 11.2.